The van der Waals surface area contributed by atoms with Crippen LogP contribution in [0.15, 0.2) is 0 Å². The number of hydrogen-bond acceptors (Lipinski definition) is 3. The molecule has 0 amide bonds. The molecule has 0 aromatic carbocycles. The van der Waals surface area contributed by atoms with Crippen molar-refractivity contribution >= 4 is 0 Å². The summed E-state index contributed by atoms with van der Waals surface area (Å²) in [4.78, 5) is 0. The maximum Gasteiger partial charge on any atom is 0.0526 e. The molecule has 0 aliphatic heterocycles. The largest absolute Gasteiger partial charge is 0.393 e. The molecule has 16 heavy (non-hydrogen) atoms. The van der Waals surface area contributed by atoms with Crippen LogP contribution in [-0.4, -0.2) is 29.3 Å². The van der Waals surface area contributed by atoms with Crippen LogP contribution in [0.2, 0.25) is 0 Å². The maximum atomic E-state index is 9.38. The van der Waals surface area contributed by atoms with Gasteiger partial charge in [0.2, 0.25) is 0 Å². The van der Waals surface area contributed by atoms with Gasteiger partial charge in [0, 0.05) is 18.1 Å². The molecule has 1 aliphatic carbocycles. The van der Waals surface area contributed by atoms with Gasteiger partial charge in [0.25, 0.3) is 0 Å². The molecule has 1 rings (SSSR count). The fraction of sp³-hybridized carbons (Fsp3) is 1.00. The lowest BCUT2D eigenvalue weighted by molar-refractivity contribution is 0.158. The highest BCUT2D eigenvalue weighted by molar-refractivity contribution is 4.98. The summed E-state index contributed by atoms with van der Waals surface area (Å²) < 4.78 is 0. The highest BCUT2D eigenvalue weighted by Gasteiger charge is 2.37. The minimum Gasteiger partial charge on any atom is -0.393 e. The van der Waals surface area contributed by atoms with Crippen LogP contribution in [0.5, 0.6) is 0 Å². The zero-order valence-corrected chi connectivity index (χ0v) is 11.0. The van der Waals surface area contributed by atoms with E-state index in [1.807, 2.05) is 6.92 Å². The summed E-state index contributed by atoms with van der Waals surface area (Å²) in [6, 6.07) is 0.346. The molecule has 0 radical (unpaired) electrons. The fourth-order valence-electron chi connectivity index (χ4n) is 3.05. The van der Waals surface area contributed by atoms with E-state index in [0.717, 1.165) is 12.3 Å². The van der Waals surface area contributed by atoms with Gasteiger partial charge in [-0.3, -0.25) is 0 Å². The van der Waals surface area contributed by atoms with E-state index in [9.17, 15) is 5.11 Å². The van der Waals surface area contributed by atoms with E-state index in [4.69, 9.17) is 5.73 Å². The van der Waals surface area contributed by atoms with Crippen LogP contribution in [-0.2, 0) is 0 Å². The highest BCUT2D eigenvalue weighted by atomic mass is 16.3. The number of aliphatic hydroxyl groups excluding tert-OH is 1. The fourth-order valence-corrected chi connectivity index (χ4v) is 3.05. The van der Waals surface area contributed by atoms with Crippen molar-refractivity contribution in [2.45, 2.75) is 70.6 Å². The molecule has 4 unspecified atom stereocenters. The molecule has 0 bridgehead atoms. The maximum absolute atomic E-state index is 9.38. The third-order valence-electron chi connectivity index (χ3n) is 3.93. The van der Waals surface area contributed by atoms with Gasteiger partial charge >= 0.3 is 0 Å². The molecule has 4 N–H and O–H groups in total. The van der Waals surface area contributed by atoms with E-state index in [0.29, 0.717) is 12.6 Å². The smallest absolute Gasteiger partial charge is 0.0526 e. The monoisotopic (exact) mass is 228 g/mol. The van der Waals surface area contributed by atoms with E-state index in [1.165, 1.54) is 25.7 Å². The van der Waals surface area contributed by atoms with Gasteiger partial charge in [-0.25, -0.2) is 0 Å². The normalized spacial score (nSPS) is 33.9. The summed E-state index contributed by atoms with van der Waals surface area (Å²) >= 11 is 0. The van der Waals surface area contributed by atoms with Gasteiger partial charge in [-0.15, -0.1) is 0 Å². The van der Waals surface area contributed by atoms with Crippen LogP contribution >= 0.6 is 0 Å². The SMILES string of the molecule is CCC1CCC(CN)(NC(C)CC(C)O)C1. The summed E-state index contributed by atoms with van der Waals surface area (Å²) in [5, 5.41) is 13.0. The van der Waals surface area contributed by atoms with Crippen molar-refractivity contribution in [3.63, 3.8) is 0 Å². The first-order valence-corrected chi connectivity index (χ1v) is 6.67. The Bertz CT molecular complexity index is 208. The lowest BCUT2D eigenvalue weighted by atomic mass is 9.93. The van der Waals surface area contributed by atoms with Gasteiger partial charge in [0.1, 0.15) is 0 Å². The van der Waals surface area contributed by atoms with Crippen molar-refractivity contribution in [2.24, 2.45) is 11.7 Å². The molecule has 4 atom stereocenters. The van der Waals surface area contributed by atoms with Crippen molar-refractivity contribution in [3.05, 3.63) is 0 Å². The Balaban J connectivity index is 2.48. The van der Waals surface area contributed by atoms with Gasteiger partial charge in [0.05, 0.1) is 6.10 Å². The third-order valence-corrected chi connectivity index (χ3v) is 3.93. The van der Waals surface area contributed by atoms with Crippen LogP contribution in [0.4, 0.5) is 0 Å². The predicted octanol–water partition coefficient (Wildman–Crippen LogP) is 1.64. The molecule has 96 valence electrons. The summed E-state index contributed by atoms with van der Waals surface area (Å²) in [7, 11) is 0. The van der Waals surface area contributed by atoms with E-state index >= 15 is 0 Å². The summed E-state index contributed by atoms with van der Waals surface area (Å²) in [6.45, 7) is 6.96. The average Bonchev–Trinajstić information content (AvgIpc) is 2.61. The van der Waals surface area contributed by atoms with E-state index < -0.39 is 0 Å². The Hall–Kier alpha value is -0.120. The number of nitrogens with one attached hydrogen (secondary N) is 1. The van der Waals surface area contributed by atoms with Gasteiger partial charge in [0.15, 0.2) is 0 Å². The molecule has 0 spiro atoms. The number of aliphatic hydroxyl groups is 1. The molecule has 0 aromatic heterocycles. The quantitative estimate of drug-likeness (QED) is 0.648. The summed E-state index contributed by atoms with van der Waals surface area (Å²) in [5.74, 6) is 0.829. The zero-order valence-electron chi connectivity index (χ0n) is 11.0. The van der Waals surface area contributed by atoms with E-state index in [1.54, 1.807) is 0 Å². The van der Waals surface area contributed by atoms with E-state index in [2.05, 4.69) is 19.2 Å². The average molecular weight is 228 g/mol. The summed E-state index contributed by atoms with van der Waals surface area (Å²) in [5.41, 5.74) is 6.07. The van der Waals surface area contributed by atoms with Gasteiger partial charge in [-0.1, -0.05) is 13.3 Å². The molecular formula is C13H28N2O. The summed E-state index contributed by atoms with van der Waals surface area (Å²) in [6.07, 6.45) is 5.51. The molecule has 0 heterocycles. The second kappa shape index (κ2) is 5.99. The predicted molar refractivity (Wildman–Crippen MR) is 68.3 cm³/mol. The molecule has 1 aliphatic rings. The first-order valence-electron chi connectivity index (χ1n) is 6.67. The van der Waals surface area contributed by atoms with Crippen LogP contribution in [0.1, 0.15) is 52.9 Å². The number of rotatable bonds is 6. The Morgan fingerprint density at radius 3 is 2.62 bits per heavy atom. The molecule has 3 nitrogen and oxygen atoms in total. The number of hydrogen-bond donors (Lipinski definition) is 3. The lowest BCUT2D eigenvalue weighted by Crippen LogP contribution is -2.53. The number of nitrogens with two attached hydrogens (primary N) is 1. The minimum absolute atomic E-state index is 0.134. The Labute approximate surface area is 99.8 Å². The van der Waals surface area contributed by atoms with Crippen LogP contribution in [0.3, 0.4) is 0 Å². The molecule has 0 saturated heterocycles. The van der Waals surface area contributed by atoms with Crippen molar-refractivity contribution < 1.29 is 5.11 Å². The molecular weight excluding hydrogens is 200 g/mol. The van der Waals surface area contributed by atoms with Gasteiger partial charge in [-0.05, 0) is 45.4 Å². The standard InChI is InChI=1S/C13H28N2O/c1-4-12-5-6-13(8-12,9-14)15-10(2)7-11(3)16/h10-12,15-16H,4-9,14H2,1-3H3. The van der Waals surface area contributed by atoms with Crippen LogP contribution in [0, 0.1) is 5.92 Å². The lowest BCUT2D eigenvalue weighted by Gasteiger charge is -2.33. The van der Waals surface area contributed by atoms with Crippen molar-refractivity contribution in [2.75, 3.05) is 6.54 Å². The van der Waals surface area contributed by atoms with Crippen LogP contribution in [0.25, 0.3) is 0 Å². The first kappa shape index (κ1) is 13.9. The minimum atomic E-state index is -0.235. The van der Waals surface area contributed by atoms with Crippen LogP contribution < -0.4 is 11.1 Å². The second-order valence-corrected chi connectivity index (χ2v) is 5.63. The molecule has 1 saturated carbocycles. The highest BCUT2D eigenvalue weighted by Crippen LogP contribution is 2.36. The second-order valence-electron chi connectivity index (χ2n) is 5.63. The van der Waals surface area contributed by atoms with Gasteiger partial charge in [-0.2, -0.15) is 0 Å². The van der Waals surface area contributed by atoms with Crippen molar-refractivity contribution in [1.29, 1.82) is 0 Å². The molecule has 1 fully saturated rings. The van der Waals surface area contributed by atoms with Crippen molar-refractivity contribution in [3.8, 4) is 0 Å². The van der Waals surface area contributed by atoms with E-state index in [-0.39, 0.29) is 11.6 Å². The Kier molecular flexibility index (Phi) is 5.22. The Morgan fingerprint density at radius 2 is 2.19 bits per heavy atom. The molecule has 0 aromatic rings. The first-order chi connectivity index (χ1) is 7.51. The third kappa shape index (κ3) is 3.72. The van der Waals surface area contributed by atoms with Gasteiger partial charge < -0.3 is 16.2 Å². The topological polar surface area (TPSA) is 58.3 Å². The van der Waals surface area contributed by atoms with Crippen molar-refractivity contribution in [1.82, 2.24) is 5.32 Å². The Morgan fingerprint density at radius 1 is 1.50 bits per heavy atom. The molecule has 3 heteroatoms. The zero-order chi connectivity index (χ0) is 12.2.